The van der Waals surface area contributed by atoms with Crippen molar-refractivity contribution in [3.8, 4) is 0 Å². The van der Waals surface area contributed by atoms with Crippen LogP contribution in [0.2, 0.25) is 5.02 Å². The number of benzene rings is 1. The third kappa shape index (κ3) is 2.68. The van der Waals surface area contributed by atoms with Crippen LogP contribution < -0.4 is 0 Å². The van der Waals surface area contributed by atoms with Crippen LogP contribution in [0.1, 0.15) is 16.1 Å². The van der Waals surface area contributed by atoms with E-state index in [1.54, 1.807) is 16.8 Å². The van der Waals surface area contributed by atoms with Crippen LogP contribution in [0.5, 0.6) is 0 Å². The number of rotatable bonds is 3. The molecule has 1 N–H and O–H groups in total. The molecular formula is C12H11ClN2O2S. The summed E-state index contributed by atoms with van der Waals surface area (Å²) < 4.78 is 1.71. The van der Waals surface area contributed by atoms with Crippen molar-refractivity contribution in [3.05, 3.63) is 40.5 Å². The molecule has 0 saturated heterocycles. The molecule has 2 rings (SSSR count). The van der Waals surface area contributed by atoms with E-state index in [1.165, 1.54) is 17.8 Å². The largest absolute Gasteiger partial charge is 0.478 e. The molecule has 4 nitrogen and oxygen atoms in total. The molecule has 6 heteroatoms. The predicted molar refractivity (Wildman–Crippen MR) is 70.5 cm³/mol. The van der Waals surface area contributed by atoms with Crippen LogP contribution in [-0.2, 0) is 7.05 Å². The third-order valence-corrected chi connectivity index (χ3v) is 3.73. The first-order valence-corrected chi connectivity index (χ1v) is 6.38. The Bertz CT molecular complexity index is 610. The standard InChI is InChI=1S/C12H11ClN2O2S/c1-7-5-11(15(2)14-7)18-10-6-8(13)3-4-9(10)12(16)17/h3-6H,1-2H3,(H,16,17). The first-order chi connectivity index (χ1) is 8.47. The monoisotopic (exact) mass is 282 g/mol. The highest BCUT2D eigenvalue weighted by molar-refractivity contribution is 7.99. The number of aromatic nitrogens is 2. The maximum atomic E-state index is 11.1. The highest BCUT2D eigenvalue weighted by Crippen LogP contribution is 2.32. The first-order valence-electron chi connectivity index (χ1n) is 5.18. The van der Waals surface area contributed by atoms with Crippen molar-refractivity contribution in [1.29, 1.82) is 0 Å². The summed E-state index contributed by atoms with van der Waals surface area (Å²) in [5.74, 6) is -0.965. The zero-order valence-electron chi connectivity index (χ0n) is 9.85. The molecule has 94 valence electrons. The first kappa shape index (κ1) is 13.0. The highest BCUT2D eigenvalue weighted by Gasteiger charge is 2.13. The van der Waals surface area contributed by atoms with E-state index in [9.17, 15) is 4.79 Å². The minimum Gasteiger partial charge on any atom is -0.478 e. The SMILES string of the molecule is Cc1cc(Sc2cc(Cl)ccc2C(=O)O)n(C)n1. The number of hydrogen-bond donors (Lipinski definition) is 1. The van der Waals surface area contributed by atoms with Gasteiger partial charge in [0, 0.05) is 17.0 Å². The molecule has 18 heavy (non-hydrogen) atoms. The van der Waals surface area contributed by atoms with Crippen LogP contribution >= 0.6 is 23.4 Å². The van der Waals surface area contributed by atoms with E-state index in [0.29, 0.717) is 9.92 Å². The molecule has 0 bridgehead atoms. The quantitative estimate of drug-likeness (QED) is 0.939. The smallest absolute Gasteiger partial charge is 0.336 e. The van der Waals surface area contributed by atoms with E-state index in [2.05, 4.69) is 5.10 Å². The Balaban J connectivity index is 2.42. The molecule has 1 aromatic carbocycles. The van der Waals surface area contributed by atoms with Gasteiger partial charge in [-0.2, -0.15) is 5.10 Å². The van der Waals surface area contributed by atoms with Crippen molar-refractivity contribution in [2.24, 2.45) is 7.05 Å². The second kappa shape index (κ2) is 5.04. The van der Waals surface area contributed by atoms with Gasteiger partial charge in [0.2, 0.25) is 0 Å². The molecule has 1 aromatic heterocycles. The van der Waals surface area contributed by atoms with Gasteiger partial charge in [-0.25, -0.2) is 4.79 Å². The van der Waals surface area contributed by atoms with Crippen LogP contribution in [0.4, 0.5) is 0 Å². The topological polar surface area (TPSA) is 55.1 Å². The lowest BCUT2D eigenvalue weighted by atomic mass is 10.2. The zero-order valence-corrected chi connectivity index (χ0v) is 11.4. The lowest BCUT2D eigenvalue weighted by molar-refractivity contribution is 0.0693. The van der Waals surface area contributed by atoms with Crippen LogP contribution in [0, 0.1) is 6.92 Å². The van der Waals surface area contributed by atoms with Gasteiger partial charge in [0.25, 0.3) is 0 Å². The molecule has 0 aliphatic rings. The maximum Gasteiger partial charge on any atom is 0.336 e. The van der Waals surface area contributed by atoms with Gasteiger partial charge < -0.3 is 5.11 Å². The maximum absolute atomic E-state index is 11.1. The Kier molecular flexibility index (Phi) is 3.63. The minimum atomic E-state index is -0.965. The van der Waals surface area contributed by atoms with E-state index < -0.39 is 5.97 Å². The molecule has 0 atom stereocenters. The molecule has 0 amide bonds. The molecule has 0 aliphatic carbocycles. The fourth-order valence-corrected chi connectivity index (χ4v) is 2.87. The zero-order chi connectivity index (χ0) is 13.3. The van der Waals surface area contributed by atoms with Gasteiger partial charge in [-0.05, 0) is 31.2 Å². The van der Waals surface area contributed by atoms with Gasteiger partial charge in [0.1, 0.15) is 0 Å². The second-order valence-electron chi connectivity index (χ2n) is 3.80. The third-order valence-electron chi connectivity index (χ3n) is 2.35. The number of halogens is 1. The Hall–Kier alpha value is -1.46. The number of nitrogens with zero attached hydrogens (tertiary/aromatic N) is 2. The summed E-state index contributed by atoms with van der Waals surface area (Å²) in [6.07, 6.45) is 0. The van der Waals surface area contributed by atoms with E-state index in [4.69, 9.17) is 16.7 Å². The number of carbonyl (C=O) groups is 1. The summed E-state index contributed by atoms with van der Waals surface area (Å²) in [6.45, 7) is 1.89. The van der Waals surface area contributed by atoms with Gasteiger partial charge >= 0.3 is 5.97 Å². The molecule has 0 spiro atoms. The summed E-state index contributed by atoms with van der Waals surface area (Å²) in [7, 11) is 1.82. The average Bonchev–Trinajstić information content (AvgIpc) is 2.57. The number of carboxylic acid groups (broad SMARTS) is 1. The highest BCUT2D eigenvalue weighted by atomic mass is 35.5. The average molecular weight is 283 g/mol. The number of aryl methyl sites for hydroxylation is 2. The van der Waals surface area contributed by atoms with Crippen molar-refractivity contribution >= 4 is 29.3 Å². The van der Waals surface area contributed by atoms with E-state index >= 15 is 0 Å². The van der Waals surface area contributed by atoms with Gasteiger partial charge in [0.15, 0.2) is 0 Å². The number of hydrogen-bond acceptors (Lipinski definition) is 3. The van der Waals surface area contributed by atoms with Gasteiger partial charge in [-0.15, -0.1) is 0 Å². The van der Waals surface area contributed by atoms with Gasteiger partial charge in [-0.3, -0.25) is 4.68 Å². The van der Waals surface area contributed by atoms with Crippen molar-refractivity contribution in [1.82, 2.24) is 9.78 Å². The normalized spacial score (nSPS) is 10.6. The fourth-order valence-electron chi connectivity index (χ4n) is 1.55. The number of carboxylic acids is 1. The summed E-state index contributed by atoms with van der Waals surface area (Å²) in [6, 6.07) is 6.63. The van der Waals surface area contributed by atoms with Crippen LogP contribution in [-0.4, -0.2) is 20.9 Å². The molecule has 0 fully saturated rings. The Labute approximate surface area is 114 Å². The van der Waals surface area contributed by atoms with Crippen LogP contribution in [0.3, 0.4) is 0 Å². The Morgan fingerprint density at radius 2 is 2.17 bits per heavy atom. The lowest BCUT2D eigenvalue weighted by Gasteiger charge is -2.06. The molecular weight excluding hydrogens is 272 g/mol. The second-order valence-corrected chi connectivity index (χ2v) is 5.29. The molecule has 1 heterocycles. The minimum absolute atomic E-state index is 0.239. The van der Waals surface area contributed by atoms with E-state index in [0.717, 1.165) is 10.7 Å². The van der Waals surface area contributed by atoms with Crippen molar-refractivity contribution < 1.29 is 9.90 Å². The molecule has 0 unspecified atom stereocenters. The van der Waals surface area contributed by atoms with Crippen LogP contribution in [0.25, 0.3) is 0 Å². The van der Waals surface area contributed by atoms with Gasteiger partial charge in [-0.1, -0.05) is 23.4 Å². The summed E-state index contributed by atoms with van der Waals surface area (Å²) in [5, 5.41) is 14.7. The molecule has 0 radical (unpaired) electrons. The Morgan fingerprint density at radius 1 is 1.44 bits per heavy atom. The summed E-state index contributed by atoms with van der Waals surface area (Å²) in [4.78, 5) is 11.7. The fraction of sp³-hybridized carbons (Fsp3) is 0.167. The van der Waals surface area contributed by atoms with Crippen molar-refractivity contribution in [3.63, 3.8) is 0 Å². The number of aromatic carboxylic acids is 1. The lowest BCUT2D eigenvalue weighted by Crippen LogP contribution is -1.99. The van der Waals surface area contributed by atoms with Crippen LogP contribution in [0.15, 0.2) is 34.2 Å². The molecule has 2 aromatic rings. The molecule has 0 aliphatic heterocycles. The predicted octanol–water partition coefficient (Wildman–Crippen LogP) is 3.23. The van der Waals surface area contributed by atoms with E-state index in [-0.39, 0.29) is 5.56 Å². The van der Waals surface area contributed by atoms with E-state index in [1.807, 2.05) is 20.0 Å². The Morgan fingerprint density at radius 3 is 2.72 bits per heavy atom. The van der Waals surface area contributed by atoms with Gasteiger partial charge in [0.05, 0.1) is 16.3 Å². The van der Waals surface area contributed by atoms with Crippen molar-refractivity contribution in [2.75, 3.05) is 0 Å². The van der Waals surface area contributed by atoms with Crippen molar-refractivity contribution in [2.45, 2.75) is 16.8 Å². The summed E-state index contributed by atoms with van der Waals surface area (Å²) in [5.41, 5.74) is 1.13. The summed E-state index contributed by atoms with van der Waals surface area (Å²) >= 11 is 7.24. The molecule has 0 saturated carbocycles.